The number of fused-ring (bicyclic) bond motifs is 7. The number of hydrogen-bond acceptors (Lipinski definition) is 14. The molecule has 3 fully saturated rings. The van der Waals surface area contributed by atoms with Gasteiger partial charge in [0.2, 0.25) is 6.29 Å². The summed E-state index contributed by atoms with van der Waals surface area (Å²) in [6.45, 7) is -0.181. The second-order valence-electron chi connectivity index (χ2n) is 18.9. The first-order valence-corrected chi connectivity index (χ1v) is 23.6. The molecule has 10 rings (SSSR count). The highest BCUT2D eigenvalue weighted by Crippen LogP contribution is 2.50. The van der Waals surface area contributed by atoms with Crippen LogP contribution in [0.25, 0.3) is 16.8 Å². The molecule has 1 saturated heterocycles. The van der Waals surface area contributed by atoms with Crippen LogP contribution in [0.2, 0.25) is 0 Å². The van der Waals surface area contributed by atoms with Gasteiger partial charge in [-0.05, 0) is 91.1 Å². The Morgan fingerprint density at radius 1 is 1.07 bits per heavy atom. The molecule has 15 nitrogen and oxygen atoms in total. The molecule has 7 N–H and O–H groups in total. The van der Waals surface area contributed by atoms with Crippen LogP contribution in [-0.2, 0) is 22.6 Å². The van der Waals surface area contributed by atoms with Gasteiger partial charge in [-0.3, -0.25) is 9.59 Å². The van der Waals surface area contributed by atoms with Crippen LogP contribution in [0.1, 0.15) is 100 Å². The topological polar surface area (TPSA) is 212 Å². The van der Waals surface area contributed by atoms with E-state index in [2.05, 4.69) is 23.1 Å². The van der Waals surface area contributed by atoms with Crippen molar-refractivity contribution in [2.75, 3.05) is 40.5 Å². The fourth-order valence-corrected chi connectivity index (χ4v) is 11.1. The molecule has 4 aliphatic heterocycles. The highest BCUT2D eigenvalue weighted by atomic mass is 16.7. The van der Waals surface area contributed by atoms with E-state index in [0.717, 1.165) is 72.1 Å². The standard InChI is InChI=1S/C52H58N4O11/c1-53-22-30-10-7-13-33-38(30)24-56(50(33)62)25-40(58)45-35(29-8-3-4-9-29)19-31-20-42(64-2)34-15-17-41(37-23-55-39-16-14-28(18-36(37)39)21-54-32-11-5-6-12-32)65-26-43-46(59)49(61)52(63,27-57)51(66-43)67-48(34)44(31)47(45)60/h7,10,13-20,23,29,32,41,43,46,49,51,53-54,57,59,61,63H,3-6,8-9,11-12,21-22,24-27H2,1-2H3/p+1/b17-15+/t41-,43-,46-,49+,51-,52-/m1/s1. The third-order valence-electron chi connectivity index (χ3n) is 14.8. The number of aromatic hydroxyl groups is 1. The van der Waals surface area contributed by atoms with Gasteiger partial charge in [0.25, 0.3) is 5.91 Å². The van der Waals surface area contributed by atoms with E-state index in [9.17, 15) is 35.1 Å². The Morgan fingerprint density at radius 2 is 1.87 bits per heavy atom. The molecular formula is C52H59N4O11+. The fourth-order valence-electron chi connectivity index (χ4n) is 11.1. The number of rotatable bonds is 12. The summed E-state index contributed by atoms with van der Waals surface area (Å²) < 4.78 is 25.5. The van der Waals surface area contributed by atoms with Crippen LogP contribution in [0.15, 0.2) is 76.0 Å². The maximum atomic E-state index is 14.9. The molecule has 6 atom stereocenters. The zero-order valence-corrected chi connectivity index (χ0v) is 37.9. The maximum absolute atomic E-state index is 14.9. The Balaban J connectivity index is 1.09. The summed E-state index contributed by atoms with van der Waals surface area (Å²) >= 11 is 0. The predicted molar refractivity (Wildman–Crippen MR) is 250 cm³/mol. The van der Waals surface area contributed by atoms with Gasteiger partial charge in [-0.1, -0.05) is 37.8 Å². The minimum atomic E-state index is -2.57. The molecule has 4 heterocycles. The zero-order chi connectivity index (χ0) is 46.6. The molecular weight excluding hydrogens is 857 g/mol. The van der Waals surface area contributed by atoms with E-state index in [1.165, 1.54) is 24.9 Å². The quantitative estimate of drug-likeness (QED) is 0.0975. The summed E-state index contributed by atoms with van der Waals surface area (Å²) in [5.41, 5.74) is 4.16. The number of nitrogens with one attached hydrogen (secondary N) is 2. The van der Waals surface area contributed by atoms with Gasteiger partial charge in [0.15, 0.2) is 17.1 Å². The van der Waals surface area contributed by atoms with Gasteiger partial charge in [0.05, 0.1) is 55.2 Å². The van der Waals surface area contributed by atoms with Gasteiger partial charge in [0, 0.05) is 55.4 Å². The number of carbonyl (C=O) groups is 2. The van der Waals surface area contributed by atoms with Crippen molar-refractivity contribution in [1.82, 2.24) is 15.5 Å². The number of benzene rings is 3. The maximum Gasteiger partial charge on any atom is 0.254 e. The number of phenolic OH excluding ortho intramolecular Hbond substituents is 1. The van der Waals surface area contributed by atoms with Crippen LogP contribution in [0.3, 0.4) is 0 Å². The molecule has 3 aromatic carbocycles. The lowest BCUT2D eigenvalue weighted by Gasteiger charge is -2.47. The van der Waals surface area contributed by atoms with Crippen molar-refractivity contribution >= 4 is 34.8 Å². The molecule has 0 spiro atoms. The van der Waals surface area contributed by atoms with Gasteiger partial charge in [-0.25, -0.2) is 0 Å². The number of carbonyl (C=O) groups excluding carboxylic acids is 2. The summed E-state index contributed by atoms with van der Waals surface area (Å²) in [6, 6.07) is 9.64. The number of ketones is 1. The molecule has 1 amide bonds. The number of nitrogens with zero attached hydrogens (tertiary/aromatic N) is 2. The highest BCUT2D eigenvalue weighted by molar-refractivity contribution is 6.11. The van der Waals surface area contributed by atoms with Crippen LogP contribution >= 0.6 is 0 Å². The molecule has 15 heteroatoms. The summed E-state index contributed by atoms with van der Waals surface area (Å²) in [6.07, 6.45) is 12.0. The Morgan fingerprint density at radius 3 is 2.63 bits per heavy atom. The van der Waals surface area contributed by atoms with Gasteiger partial charge < -0.3 is 60.0 Å². The molecule has 2 bridgehead atoms. The minimum Gasteiger partial charge on any atom is -0.506 e. The lowest BCUT2D eigenvalue weighted by atomic mass is 9.86. The van der Waals surface area contributed by atoms with Crippen molar-refractivity contribution < 1.29 is 54.1 Å². The minimum absolute atomic E-state index is 0.0527. The molecule has 0 aromatic heterocycles. The first kappa shape index (κ1) is 45.4. The first-order valence-electron chi connectivity index (χ1n) is 23.6. The molecule has 3 aromatic rings. The molecule has 7 aliphatic rings. The molecule has 3 aliphatic carbocycles. The van der Waals surface area contributed by atoms with Gasteiger partial charge in [-0.2, -0.15) is 4.99 Å². The molecule has 67 heavy (non-hydrogen) atoms. The number of amides is 1. The number of ether oxygens (including phenoxy) is 4. The Bertz CT molecular complexity index is 2620. The monoisotopic (exact) mass is 915 g/mol. The van der Waals surface area contributed by atoms with E-state index in [-0.39, 0.29) is 53.8 Å². The highest BCUT2D eigenvalue weighted by Gasteiger charge is 2.57. The van der Waals surface area contributed by atoms with E-state index in [1.807, 2.05) is 31.3 Å². The third-order valence-corrected chi connectivity index (χ3v) is 14.8. The second-order valence-corrected chi connectivity index (χ2v) is 18.9. The number of phenols is 1. The van der Waals surface area contributed by atoms with E-state index in [1.54, 1.807) is 30.5 Å². The lowest BCUT2D eigenvalue weighted by molar-refractivity contribution is -0.329. The Hall–Kier alpha value is -5.36. The number of aliphatic imine (C=N–C) groups is 1. The van der Waals surface area contributed by atoms with Gasteiger partial charge >= 0.3 is 0 Å². The largest absolute Gasteiger partial charge is 0.506 e. The number of methoxy groups -OCH3 is 1. The summed E-state index contributed by atoms with van der Waals surface area (Å²) in [7, 11) is 3.32. The van der Waals surface area contributed by atoms with Crippen LogP contribution in [0.4, 0.5) is 0 Å². The third kappa shape index (κ3) is 8.18. The van der Waals surface area contributed by atoms with E-state index in [0.29, 0.717) is 41.4 Å². The Kier molecular flexibility index (Phi) is 12.6. The van der Waals surface area contributed by atoms with Crippen LogP contribution in [0.5, 0.6) is 17.2 Å². The molecule has 0 unspecified atom stereocenters. The molecule has 2 saturated carbocycles. The van der Waals surface area contributed by atoms with Crippen molar-refractivity contribution in [1.29, 1.82) is 0 Å². The van der Waals surface area contributed by atoms with E-state index < -0.39 is 54.4 Å². The molecule has 352 valence electrons. The predicted octanol–water partition coefficient (Wildman–Crippen LogP) is 4.67. The second kappa shape index (κ2) is 18.6. The number of aliphatic hydroxyl groups is 4. The van der Waals surface area contributed by atoms with Crippen LogP contribution in [-0.4, -0.2) is 131 Å². The van der Waals surface area contributed by atoms with Crippen molar-refractivity contribution in [3.63, 3.8) is 0 Å². The van der Waals surface area contributed by atoms with E-state index in [4.69, 9.17) is 23.9 Å². The van der Waals surface area contributed by atoms with Crippen molar-refractivity contribution in [3.05, 3.63) is 111 Å². The zero-order valence-electron chi connectivity index (χ0n) is 37.9. The van der Waals surface area contributed by atoms with Gasteiger partial charge in [0.1, 0.15) is 47.2 Å². The normalized spacial score (nSPS) is 27.8. The molecule has 0 radical (unpaired) electrons. The summed E-state index contributed by atoms with van der Waals surface area (Å²) in [4.78, 5) is 34.9. The van der Waals surface area contributed by atoms with Crippen LogP contribution < -0.4 is 20.1 Å². The number of Topliss-reactive ketones (excluding diaryl/α,β-unsaturated/α-hetero) is 1. The smallest absolute Gasteiger partial charge is 0.254 e. The summed E-state index contributed by atoms with van der Waals surface area (Å²) in [5, 5.41) is 65.6. The van der Waals surface area contributed by atoms with E-state index >= 15 is 0 Å². The fraction of sp³-hybridized carbons (Fsp3) is 0.462. The van der Waals surface area contributed by atoms with Crippen molar-refractivity contribution in [2.24, 2.45) is 4.99 Å². The lowest BCUT2D eigenvalue weighted by Crippen LogP contribution is -2.69. The average molecular weight is 916 g/mol. The number of allylic oxidation sites excluding steroid dienone is 3. The SMILES string of the molecule is CNCc1cccc2c1CN(CC(=O)c1c(C3CCCC3)cc3cc(OC)c4c(c3c1O)O[C@H]1O[C@H](CO[C@@H](C3=C5[CH+]C(CNC6CCCC6)=CC=C5N=C3)/C=C/4)[C@@H](O)[C@H](O)[C@]1(O)CO)C2=O. The summed E-state index contributed by atoms with van der Waals surface area (Å²) in [5.74, 6) is -0.972. The van der Waals surface area contributed by atoms with Crippen LogP contribution in [0, 0.1) is 6.42 Å². The number of aliphatic hydroxyl groups excluding tert-OH is 3. The first-order chi connectivity index (χ1) is 32.5. The number of hydrogen-bond donors (Lipinski definition) is 7. The van der Waals surface area contributed by atoms with Gasteiger partial charge in [-0.15, -0.1) is 0 Å². The van der Waals surface area contributed by atoms with Crippen molar-refractivity contribution in [3.8, 4) is 17.2 Å². The van der Waals surface area contributed by atoms with Crippen molar-refractivity contribution in [2.45, 2.75) is 113 Å². The average Bonchev–Trinajstić information content (AvgIpc) is 4.18. The Labute approximate surface area is 389 Å².